The summed E-state index contributed by atoms with van der Waals surface area (Å²) in [5, 5.41) is 13.0. The van der Waals surface area contributed by atoms with Crippen molar-refractivity contribution in [3.05, 3.63) is 35.6 Å². The molecule has 1 saturated carbocycles. The van der Waals surface area contributed by atoms with Crippen LogP contribution >= 0.6 is 0 Å². The van der Waals surface area contributed by atoms with Gasteiger partial charge in [0.15, 0.2) is 0 Å². The van der Waals surface area contributed by atoms with E-state index in [0.29, 0.717) is 13.0 Å². The van der Waals surface area contributed by atoms with Gasteiger partial charge in [-0.2, -0.15) is 0 Å². The van der Waals surface area contributed by atoms with Crippen molar-refractivity contribution in [1.29, 1.82) is 0 Å². The highest BCUT2D eigenvalue weighted by molar-refractivity contribution is 5.91. The van der Waals surface area contributed by atoms with Gasteiger partial charge < -0.3 is 15.2 Å². The van der Waals surface area contributed by atoms with Crippen LogP contribution < -0.4 is 5.32 Å². The Kier molecular flexibility index (Phi) is 4.64. The smallest absolute Gasteiger partial charge is 0.230 e. The van der Waals surface area contributed by atoms with Crippen molar-refractivity contribution >= 4 is 5.91 Å². The molecule has 0 heterocycles. The summed E-state index contributed by atoms with van der Waals surface area (Å²) in [7, 11) is 1.57. The molecule has 4 nitrogen and oxygen atoms in total. The minimum Gasteiger partial charge on any atom is -0.388 e. The Hall–Kier alpha value is -1.46. The molecule has 1 amide bonds. The molecular weight excluding hydrogens is 273 g/mol. The summed E-state index contributed by atoms with van der Waals surface area (Å²) in [4.78, 5) is 12.4. The number of hydrogen-bond donors (Lipinski definition) is 2. The highest BCUT2D eigenvalue weighted by Gasteiger charge is 2.51. The van der Waals surface area contributed by atoms with Gasteiger partial charge in [-0.15, -0.1) is 0 Å². The molecule has 0 aromatic heterocycles. The number of aliphatic hydroxyl groups is 1. The van der Waals surface area contributed by atoms with Crippen LogP contribution in [0.25, 0.3) is 0 Å². The van der Waals surface area contributed by atoms with Crippen molar-refractivity contribution in [3.63, 3.8) is 0 Å². The lowest BCUT2D eigenvalue weighted by molar-refractivity contribution is -0.124. The Morgan fingerprint density at radius 3 is 2.57 bits per heavy atom. The SMILES string of the molecule is COCCC(C)(O)CNC(=O)C1(c2ccc(F)cc2)CC1. The van der Waals surface area contributed by atoms with Gasteiger partial charge in [0.2, 0.25) is 5.91 Å². The van der Waals surface area contributed by atoms with E-state index in [2.05, 4.69) is 5.32 Å². The zero-order valence-corrected chi connectivity index (χ0v) is 12.5. The molecule has 1 unspecified atom stereocenters. The average molecular weight is 295 g/mol. The molecule has 0 aliphatic heterocycles. The van der Waals surface area contributed by atoms with E-state index in [-0.39, 0.29) is 18.3 Å². The Morgan fingerprint density at radius 1 is 1.43 bits per heavy atom. The fourth-order valence-corrected chi connectivity index (χ4v) is 2.39. The van der Waals surface area contributed by atoms with E-state index in [1.807, 2.05) is 0 Å². The van der Waals surface area contributed by atoms with Gasteiger partial charge >= 0.3 is 0 Å². The van der Waals surface area contributed by atoms with Crippen molar-refractivity contribution < 1.29 is 19.0 Å². The summed E-state index contributed by atoms with van der Waals surface area (Å²) in [6.45, 7) is 2.29. The molecule has 0 spiro atoms. The maximum atomic E-state index is 13.0. The predicted octanol–water partition coefficient (Wildman–Crippen LogP) is 1.76. The van der Waals surface area contributed by atoms with Gasteiger partial charge in [0.1, 0.15) is 5.82 Å². The molecule has 0 saturated heterocycles. The fraction of sp³-hybridized carbons (Fsp3) is 0.562. The number of carbonyl (C=O) groups excluding carboxylic acids is 1. The van der Waals surface area contributed by atoms with E-state index in [0.717, 1.165) is 18.4 Å². The van der Waals surface area contributed by atoms with Gasteiger partial charge in [-0.3, -0.25) is 4.79 Å². The maximum absolute atomic E-state index is 13.0. The number of carbonyl (C=O) groups is 1. The van der Waals surface area contributed by atoms with Crippen molar-refractivity contribution in [1.82, 2.24) is 5.32 Å². The van der Waals surface area contributed by atoms with Gasteiger partial charge in [0.05, 0.1) is 11.0 Å². The molecule has 1 atom stereocenters. The van der Waals surface area contributed by atoms with E-state index < -0.39 is 11.0 Å². The fourth-order valence-electron chi connectivity index (χ4n) is 2.39. The lowest BCUT2D eigenvalue weighted by Crippen LogP contribution is -2.45. The third-order valence-electron chi connectivity index (χ3n) is 4.06. The molecule has 116 valence electrons. The van der Waals surface area contributed by atoms with E-state index in [1.165, 1.54) is 12.1 Å². The number of amides is 1. The second kappa shape index (κ2) is 6.12. The number of nitrogens with one attached hydrogen (secondary N) is 1. The van der Waals surface area contributed by atoms with Crippen LogP contribution in [0.4, 0.5) is 4.39 Å². The highest BCUT2D eigenvalue weighted by atomic mass is 19.1. The molecule has 1 aliphatic carbocycles. The van der Waals surface area contributed by atoms with Crippen LogP contribution in [-0.4, -0.2) is 36.9 Å². The summed E-state index contributed by atoms with van der Waals surface area (Å²) in [5.41, 5.74) is -0.715. The van der Waals surface area contributed by atoms with Crippen LogP contribution in [0.1, 0.15) is 31.7 Å². The van der Waals surface area contributed by atoms with Crippen LogP contribution in [0, 0.1) is 5.82 Å². The Morgan fingerprint density at radius 2 is 2.05 bits per heavy atom. The minimum absolute atomic E-state index is 0.105. The topological polar surface area (TPSA) is 58.6 Å². The molecule has 21 heavy (non-hydrogen) atoms. The molecule has 0 bridgehead atoms. The predicted molar refractivity (Wildman–Crippen MR) is 77.4 cm³/mol. The number of hydrogen-bond acceptors (Lipinski definition) is 3. The van der Waals surface area contributed by atoms with Crippen LogP contribution in [0.5, 0.6) is 0 Å². The van der Waals surface area contributed by atoms with E-state index in [4.69, 9.17) is 4.74 Å². The zero-order valence-electron chi connectivity index (χ0n) is 12.5. The number of methoxy groups -OCH3 is 1. The van der Waals surface area contributed by atoms with Crippen molar-refractivity contribution in [3.8, 4) is 0 Å². The molecular formula is C16H22FNO3. The first-order chi connectivity index (χ1) is 9.89. The van der Waals surface area contributed by atoms with Crippen molar-refractivity contribution in [2.75, 3.05) is 20.3 Å². The molecule has 1 fully saturated rings. The molecule has 1 aromatic carbocycles. The molecule has 5 heteroatoms. The van der Waals surface area contributed by atoms with Gasteiger partial charge in [0, 0.05) is 26.7 Å². The van der Waals surface area contributed by atoms with E-state index in [1.54, 1.807) is 26.2 Å². The second-order valence-electron chi connectivity index (χ2n) is 6.01. The lowest BCUT2D eigenvalue weighted by Gasteiger charge is -2.25. The average Bonchev–Trinajstić information content (AvgIpc) is 3.25. The monoisotopic (exact) mass is 295 g/mol. The van der Waals surface area contributed by atoms with Crippen LogP contribution in [-0.2, 0) is 14.9 Å². The summed E-state index contributed by atoms with van der Waals surface area (Å²) in [6.07, 6.45) is 1.96. The van der Waals surface area contributed by atoms with Crippen LogP contribution in [0.3, 0.4) is 0 Å². The lowest BCUT2D eigenvalue weighted by atomic mass is 9.94. The van der Waals surface area contributed by atoms with Crippen LogP contribution in [0.2, 0.25) is 0 Å². The van der Waals surface area contributed by atoms with Crippen LogP contribution in [0.15, 0.2) is 24.3 Å². The van der Waals surface area contributed by atoms with Gasteiger partial charge in [-0.05, 0) is 37.5 Å². The summed E-state index contributed by atoms with van der Waals surface area (Å²) in [6, 6.07) is 6.06. The van der Waals surface area contributed by atoms with Gasteiger partial charge in [-0.25, -0.2) is 4.39 Å². The number of halogens is 1. The molecule has 2 N–H and O–H groups in total. The molecule has 2 rings (SSSR count). The maximum Gasteiger partial charge on any atom is 0.230 e. The molecule has 1 aliphatic rings. The first-order valence-corrected chi connectivity index (χ1v) is 7.15. The van der Waals surface area contributed by atoms with Gasteiger partial charge in [-0.1, -0.05) is 12.1 Å². The normalized spacial score (nSPS) is 18.9. The molecule has 0 radical (unpaired) electrons. The Balaban J connectivity index is 1.95. The summed E-state index contributed by atoms with van der Waals surface area (Å²) >= 11 is 0. The Labute approximate surface area is 124 Å². The van der Waals surface area contributed by atoms with Crippen molar-refractivity contribution in [2.45, 2.75) is 37.2 Å². The largest absolute Gasteiger partial charge is 0.388 e. The summed E-state index contributed by atoms with van der Waals surface area (Å²) < 4.78 is 17.9. The van der Waals surface area contributed by atoms with E-state index >= 15 is 0 Å². The third-order valence-corrected chi connectivity index (χ3v) is 4.06. The standard InChI is InChI=1S/C16H22FNO3/c1-15(20,9-10-21-2)11-18-14(19)16(7-8-16)12-3-5-13(17)6-4-12/h3-6,20H,7-11H2,1-2H3,(H,18,19). The Bertz CT molecular complexity index is 495. The zero-order chi connectivity index (χ0) is 15.5. The highest BCUT2D eigenvalue weighted by Crippen LogP contribution is 2.48. The first-order valence-electron chi connectivity index (χ1n) is 7.15. The first kappa shape index (κ1) is 15.9. The minimum atomic E-state index is -0.995. The summed E-state index contributed by atoms with van der Waals surface area (Å²) in [5.74, 6) is -0.413. The quantitative estimate of drug-likeness (QED) is 0.806. The number of rotatable bonds is 7. The van der Waals surface area contributed by atoms with Crippen molar-refractivity contribution in [2.24, 2.45) is 0 Å². The van der Waals surface area contributed by atoms with E-state index in [9.17, 15) is 14.3 Å². The third kappa shape index (κ3) is 3.80. The number of ether oxygens (including phenoxy) is 1. The second-order valence-corrected chi connectivity index (χ2v) is 6.01. The molecule has 1 aromatic rings. The van der Waals surface area contributed by atoms with Gasteiger partial charge in [0.25, 0.3) is 0 Å². The number of benzene rings is 1.